The van der Waals surface area contributed by atoms with Gasteiger partial charge < -0.3 is 14.2 Å². The summed E-state index contributed by atoms with van der Waals surface area (Å²) in [5, 5.41) is 12.3. The Kier molecular flexibility index (Phi) is 7.04. The molecule has 3 rings (SSSR count). The Morgan fingerprint density at radius 1 is 1.10 bits per heavy atom. The second-order valence-corrected chi connectivity index (χ2v) is 7.18. The van der Waals surface area contributed by atoms with Gasteiger partial charge in [-0.25, -0.2) is 0 Å². The normalized spacial score (nSPS) is 10.7. The summed E-state index contributed by atoms with van der Waals surface area (Å²) in [5.74, 6) is 1.56. The van der Waals surface area contributed by atoms with Gasteiger partial charge in [-0.15, -0.1) is 10.2 Å². The molecule has 150 valence electrons. The minimum absolute atomic E-state index is 0.247. The van der Waals surface area contributed by atoms with E-state index in [-0.39, 0.29) is 12.5 Å². The molecular weight excluding hydrogens is 414 g/mol. The molecule has 0 atom stereocenters. The molecule has 0 fully saturated rings. The zero-order valence-electron chi connectivity index (χ0n) is 15.7. The lowest BCUT2D eigenvalue weighted by molar-refractivity contribution is -0.111. The summed E-state index contributed by atoms with van der Waals surface area (Å²) in [5.41, 5.74) is 0.798. The molecule has 0 saturated carbocycles. The van der Waals surface area contributed by atoms with E-state index in [1.54, 1.807) is 56.7 Å². The highest BCUT2D eigenvalue weighted by atomic mass is 35.5. The predicted octanol–water partition coefficient (Wildman–Crippen LogP) is 4.44. The number of carbonyl (C=O) groups excluding carboxylic acids is 1. The second-order valence-electron chi connectivity index (χ2n) is 5.68. The van der Waals surface area contributed by atoms with Crippen LogP contribution in [0.5, 0.6) is 17.2 Å². The molecule has 0 unspecified atom stereocenters. The summed E-state index contributed by atoms with van der Waals surface area (Å²) in [6.45, 7) is 0.247. The van der Waals surface area contributed by atoms with Crippen molar-refractivity contribution in [1.29, 1.82) is 0 Å². The average molecular weight is 432 g/mol. The van der Waals surface area contributed by atoms with Crippen LogP contribution in [0, 0.1) is 0 Å². The summed E-state index contributed by atoms with van der Waals surface area (Å²) in [6.07, 6.45) is 3.08. The number of halogens is 1. The van der Waals surface area contributed by atoms with E-state index in [1.807, 2.05) is 6.07 Å². The molecule has 1 amide bonds. The van der Waals surface area contributed by atoms with Gasteiger partial charge in [-0.1, -0.05) is 29.0 Å². The minimum Gasteiger partial charge on any atom is -0.493 e. The van der Waals surface area contributed by atoms with E-state index in [2.05, 4.69) is 15.5 Å². The van der Waals surface area contributed by atoms with Crippen LogP contribution in [-0.2, 0) is 11.4 Å². The maximum absolute atomic E-state index is 12.1. The van der Waals surface area contributed by atoms with Crippen LogP contribution >= 0.6 is 22.9 Å². The van der Waals surface area contributed by atoms with E-state index in [9.17, 15) is 4.79 Å². The van der Waals surface area contributed by atoms with Crippen molar-refractivity contribution in [2.24, 2.45) is 0 Å². The third-order valence-electron chi connectivity index (χ3n) is 3.71. The third-order valence-corrected chi connectivity index (χ3v) is 4.77. The number of amides is 1. The van der Waals surface area contributed by atoms with Gasteiger partial charge in [-0.2, -0.15) is 0 Å². The molecule has 0 saturated heterocycles. The number of anilines is 1. The van der Waals surface area contributed by atoms with Crippen LogP contribution in [0.3, 0.4) is 0 Å². The predicted molar refractivity (Wildman–Crippen MR) is 113 cm³/mol. The van der Waals surface area contributed by atoms with Gasteiger partial charge in [0.25, 0.3) is 0 Å². The van der Waals surface area contributed by atoms with Gasteiger partial charge in [-0.05, 0) is 48.0 Å². The topological polar surface area (TPSA) is 82.6 Å². The van der Waals surface area contributed by atoms with E-state index in [0.29, 0.717) is 32.4 Å². The number of nitrogens with zero attached hydrogens (tertiary/aromatic N) is 2. The van der Waals surface area contributed by atoms with E-state index in [1.165, 1.54) is 17.4 Å². The molecule has 0 spiro atoms. The van der Waals surface area contributed by atoms with Gasteiger partial charge in [0, 0.05) is 11.1 Å². The van der Waals surface area contributed by atoms with Crippen LogP contribution in [0.15, 0.2) is 48.5 Å². The Balaban J connectivity index is 1.54. The van der Waals surface area contributed by atoms with Crippen LogP contribution in [0.4, 0.5) is 5.13 Å². The van der Waals surface area contributed by atoms with E-state index < -0.39 is 0 Å². The molecule has 29 heavy (non-hydrogen) atoms. The monoisotopic (exact) mass is 431 g/mol. The molecule has 1 heterocycles. The van der Waals surface area contributed by atoms with Crippen molar-refractivity contribution in [3.05, 3.63) is 64.1 Å². The third kappa shape index (κ3) is 5.94. The maximum Gasteiger partial charge on any atom is 0.250 e. The molecule has 0 aliphatic rings. The van der Waals surface area contributed by atoms with Crippen LogP contribution < -0.4 is 19.5 Å². The quantitative estimate of drug-likeness (QED) is 0.531. The SMILES string of the molecule is COc1ccc(C=CC(=O)Nc2nnc(COc3ccc(Cl)cc3)s2)cc1OC. The molecule has 1 N–H and O–H groups in total. The molecular formula is C20H18ClN3O4S. The zero-order chi connectivity index (χ0) is 20.6. The number of benzene rings is 2. The lowest BCUT2D eigenvalue weighted by Gasteiger charge is -2.07. The summed E-state index contributed by atoms with van der Waals surface area (Å²) in [4.78, 5) is 12.1. The second kappa shape index (κ2) is 9.90. The Morgan fingerprint density at radius 3 is 2.59 bits per heavy atom. The fourth-order valence-corrected chi connectivity index (χ4v) is 3.10. The van der Waals surface area contributed by atoms with Crippen molar-refractivity contribution in [3.8, 4) is 17.2 Å². The Hall–Kier alpha value is -3.10. The lowest BCUT2D eigenvalue weighted by Crippen LogP contribution is -2.07. The van der Waals surface area contributed by atoms with E-state index in [4.69, 9.17) is 25.8 Å². The first-order valence-electron chi connectivity index (χ1n) is 8.49. The summed E-state index contributed by atoms with van der Waals surface area (Å²) in [6, 6.07) is 12.4. The molecule has 3 aromatic rings. The van der Waals surface area contributed by atoms with Gasteiger partial charge in [0.2, 0.25) is 11.0 Å². The largest absolute Gasteiger partial charge is 0.493 e. The van der Waals surface area contributed by atoms with Crippen molar-refractivity contribution in [3.63, 3.8) is 0 Å². The first kappa shape index (κ1) is 20.6. The number of methoxy groups -OCH3 is 2. The Bertz CT molecular complexity index is 1010. The maximum atomic E-state index is 12.1. The number of rotatable bonds is 8. The molecule has 0 bridgehead atoms. The van der Waals surface area contributed by atoms with Crippen molar-refractivity contribution in [1.82, 2.24) is 10.2 Å². The van der Waals surface area contributed by atoms with Crippen molar-refractivity contribution < 1.29 is 19.0 Å². The molecule has 2 aromatic carbocycles. The number of ether oxygens (including phenoxy) is 3. The highest BCUT2D eigenvalue weighted by molar-refractivity contribution is 7.15. The van der Waals surface area contributed by atoms with Crippen LogP contribution in [0.25, 0.3) is 6.08 Å². The molecule has 0 aliphatic carbocycles. The lowest BCUT2D eigenvalue weighted by atomic mass is 10.2. The highest BCUT2D eigenvalue weighted by Crippen LogP contribution is 2.28. The molecule has 9 heteroatoms. The van der Waals surface area contributed by atoms with Crippen molar-refractivity contribution in [2.45, 2.75) is 6.61 Å². The van der Waals surface area contributed by atoms with E-state index >= 15 is 0 Å². The van der Waals surface area contributed by atoms with Gasteiger partial charge in [-0.3, -0.25) is 10.1 Å². The zero-order valence-corrected chi connectivity index (χ0v) is 17.3. The fraction of sp³-hybridized carbons (Fsp3) is 0.150. The highest BCUT2D eigenvalue weighted by Gasteiger charge is 2.08. The van der Waals surface area contributed by atoms with Crippen LogP contribution in [0.2, 0.25) is 5.02 Å². The fourth-order valence-electron chi connectivity index (χ4n) is 2.31. The molecule has 1 aromatic heterocycles. The standard InChI is InChI=1S/C20H18ClN3O4S/c1-26-16-9-3-13(11-17(16)27-2)4-10-18(25)22-20-24-23-19(29-20)12-28-15-7-5-14(21)6-8-15/h3-11H,12H2,1-2H3,(H,22,24,25). The first-order valence-corrected chi connectivity index (χ1v) is 9.68. The molecule has 7 nitrogen and oxygen atoms in total. The number of hydrogen-bond donors (Lipinski definition) is 1. The molecule has 0 aliphatic heterocycles. The van der Waals surface area contributed by atoms with Crippen molar-refractivity contribution in [2.75, 3.05) is 19.5 Å². The molecule has 0 radical (unpaired) electrons. The smallest absolute Gasteiger partial charge is 0.250 e. The van der Waals surface area contributed by atoms with Gasteiger partial charge in [0.15, 0.2) is 16.5 Å². The Labute approximate surface area is 176 Å². The first-order chi connectivity index (χ1) is 14.1. The van der Waals surface area contributed by atoms with E-state index in [0.717, 1.165) is 5.56 Å². The van der Waals surface area contributed by atoms with Gasteiger partial charge in [0.1, 0.15) is 12.4 Å². The number of carbonyl (C=O) groups is 1. The average Bonchev–Trinajstić information content (AvgIpc) is 3.18. The number of aromatic nitrogens is 2. The number of hydrogen-bond acceptors (Lipinski definition) is 7. The Morgan fingerprint density at radius 2 is 1.86 bits per heavy atom. The summed E-state index contributed by atoms with van der Waals surface area (Å²) in [7, 11) is 3.12. The summed E-state index contributed by atoms with van der Waals surface area (Å²) < 4.78 is 16.1. The van der Waals surface area contributed by atoms with Gasteiger partial charge in [0.05, 0.1) is 14.2 Å². The summed E-state index contributed by atoms with van der Waals surface area (Å²) >= 11 is 7.08. The van der Waals surface area contributed by atoms with Crippen LogP contribution in [-0.4, -0.2) is 30.3 Å². The minimum atomic E-state index is -0.318. The van der Waals surface area contributed by atoms with Gasteiger partial charge >= 0.3 is 0 Å². The van der Waals surface area contributed by atoms with Crippen LogP contribution in [0.1, 0.15) is 10.6 Å². The van der Waals surface area contributed by atoms with Crippen molar-refractivity contribution >= 4 is 40.1 Å². The number of nitrogens with one attached hydrogen (secondary N) is 1.